The average Bonchev–Trinajstić information content (AvgIpc) is 1.69. The molecule has 0 aromatic carbocycles. The van der Waals surface area contributed by atoms with Crippen molar-refractivity contribution in [1.29, 1.82) is 0 Å². The Balaban J connectivity index is 0.000000490. The van der Waals surface area contributed by atoms with Gasteiger partial charge in [0.15, 0.2) is 0 Å². The van der Waals surface area contributed by atoms with Gasteiger partial charge in [0.1, 0.15) is 0 Å². The fourth-order valence-electron chi connectivity index (χ4n) is 1.19. The summed E-state index contributed by atoms with van der Waals surface area (Å²) in [5.74, 6) is 0.786. The summed E-state index contributed by atoms with van der Waals surface area (Å²) in [6, 6.07) is 0. The molecule has 0 amide bonds. The summed E-state index contributed by atoms with van der Waals surface area (Å²) in [7, 11) is 0. The van der Waals surface area contributed by atoms with Gasteiger partial charge in [-0.3, -0.25) is 0 Å². The molecule has 1 saturated carbocycles. The van der Waals surface area contributed by atoms with Crippen molar-refractivity contribution in [2.75, 3.05) is 0 Å². The molecule has 0 unspecified atom stereocenters. The Hall–Kier alpha value is 0.623. The Bertz CT molecular complexity index is 46.3. The Morgan fingerprint density at radius 3 is 1.75 bits per heavy atom. The zero-order valence-corrected chi connectivity index (χ0v) is 8.49. The summed E-state index contributed by atoms with van der Waals surface area (Å²) in [6.45, 7) is 4.00. The molecule has 0 aliphatic heterocycles. The van der Waals surface area contributed by atoms with Gasteiger partial charge in [-0.25, -0.2) is 0 Å². The van der Waals surface area contributed by atoms with E-state index in [9.17, 15) is 0 Å². The van der Waals surface area contributed by atoms with Crippen molar-refractivity contribution in [3.8, 4) is 0 Å². The van der Waals surface area contributed by atoms with Gasteiger partial charge in [0.2, 0.25) is 0 Å². The monoisotopic (exact) mass is 161 g/mol. The van der Waals surface area contributed by atoms with Crippen LogP contribution in [0.2, 0.25) is 0 Å². The van der Waals surface area contributed by atoms with E-state index in [0.717, 1.165) is 5.92 Å². The SMILES string of the molecule is [CH2]C1CCCCC1.[Zn]. The van der Waals surface area contributed by atoms with Crippen LogP contribution in [-0.2, 0) is 19.5 Å². The Morgan fingerprint density at radius 2 is 1.50 bits per heavy atom. The Kier molecular flexibility index (Phi) is 4.85. The molecule has 0 spiro atoms. The molecule has 0 bridgehead atoms. The first-order valence-electron chi connectivity index (χ1n) is 3.22. The summed E-state index contributed by atoms with van der Waals surface area (Å²) in [5.41, 5.74) is 0. The largest absolute Gasteiger partial charge is 0.0533 e. The molecule has 0 N–H and O–H groups in total. The first-order valence-corrected chi connectivity index (χ1v) is 3.22. The van der Waals surface area contributed by atoms with E-state index in [-0.39, 0.29) is 19.5 Å². The molecule has 8 heavy (non-hydrogen) atoms. The third-order valence-electron chi connectivity index (χ3n) is 1.72. The predicted molar refractivity (Wildman–Crippen MR) is 31.9 cm³/mol. The number of hydrogen-bond donors (Lipinski definition) is 0. The second-order valence-electron chi connectivity index (χ2n) is 2.50. The van der Waals surface area contributed by atoms with Crippen molar-refractivity contribution in [1.82, 2.24) is 0 Å². The smallest absolute Gasteiger partial charge is 0 e. The molecule has 43 valence electrons. The molecular formula is C7H13Zn. The molecule has 0 heterocycles. The van der Waals surface area contributed by atoms with E-state index in [1.54, 1.807) is 0 Å². The standard InChI is InChI=1S/C7H13.Zn/c1-7-5-3-2-4-6-7;/h7H,1-6H2;. The molecule has 1 radical (unpaired) electrons. The molecule has 0 nitrogen and oxygen atoms in total. The maximum atomic E-state index is 4.00. The summed E-state index contributed by atoms with van der Waals surface area (Å²) in [5, 5.41) is 0. The summed E-state index contributed by atoms with van der Waals surface area (Å²) in [4.78, 5) is 0. The van der Waals surface area contributed by atoms with Crippen LogP contribution in [0, 0.1) is 12.8 Å². The first-order chi connectivity index (χ1) is 3.39. The Morgan fingerprint density at radius 1 is 1.00 bits per heavy atom. The van der Waals surface area contributed by atoms with Gasteiger partial charge in [-0.15, -0.1) is 0 Å². The Labute approximate surface area is 64.8 Å². The van der Waals surface area contributed by atoms with Crippen molar-refractivity contribution in [3.05, 3.63) is 6.92 Å². The van der Waals surface area contributed by atoms with Crippen LogP contribution in [0.1, 0.15) is 32.1 Å². The molecule has 0 aromatic heterocycles. The van der Waals surface area contributed by atoms with Crippen LogP contribution in [-0.4, -0.2) is 0 Å². The number of hydrogen-bond acceptors (Lipinski definition) is 0. The minimum Gasteiger partial charge on any atom is -0.0533 e. The zero-order chi connectivity index (χ0) is 5.11. The molecule has 0 saturated heterocycles. The molecule has 1 rings (SSSR count). The first kappa shape index (κ1) is 8.62. The van der Waals surface area contributed by atoms with Gasteiger partial charge >= 0.3 is 0 Å². The van der Waals surface area contributed by atoms with Gasteiger partial charge in [0.25, 0.3) is 0 Å². The van der Waals surface area contributed by atoms with Gasteiger partial charge in [-0.1, -0.05) is 39.0 Å². The van der Waals surface area contributed by atoms with Crippen LogP contribution >= 0.6 is 0 Å². The van der Waals surface area contributed by atoms with Crippen LogP contribution < -0.4 is 0 Å². The minimum atomic E-state index is 0. The van der Waals surface area contributed by atoms with Crippen molar-refractivity contribution in [2.45, 2.75) is 32.1 Å². The summed E-state index contributed by atoms with van der Waals surface area (Å²) < 4.78 is 0. The maximum Gasteiger partial charge on any atom is 0 e. The second-order valence-corrected chi connectivity index (χ2v) is 2.50. The van der Waals surface area contributed by atoms with Crippen LogP contribution in [0.4, 0.5) is 0 Å². The molecule has 1 fully saturated rings. The van der Waals surface area contributed by atoms with Crippen LogP contribution in [0.25, 0.3) is 0 Å². The third kappa shape index (κ3) is 2.82. The third-order valence-corrected chi connectivity index (χ3v) is 1.72. The fourth-order valence-corrected chi connectivity index (χ4v) is 1.19. The van der Waals surface area contributed by atoms with Gasteiger partial charge in [-0.2, -0.15) is 0 Å². The van der Waals surface area contributed by atoms with Crippen LogP contribution in [0.15, 0.2) is 0 Å². The number of rotatable bonds is 0. The molecule has 1 aliphatic rings. The van der Waals surface area contributed by atoms with Gasteiger partial charge < -0.3 is 0 Å². The summed E-state index contributed by atoms with van der Waals surface area (Å²) in [6.07, 6.45) is 7.05. The maximum absolute atomic E-state index is 4.00. The molecule has 0 atom stereocenters. The van der Waals surface area contributed by atoms with E-state index >= 15 is 0 Å². The quantitative estimate of drug-likeness (QED) is 0.480. The van der Waals surface area contributed by atoms with E-state index < -0.39 is 0 Å². The molecule has 0 aromatic rings. The predicted octanol–water partition coefficient (Wildman–Crippen LogP) is 2.40. The normalized spacial score (nSPS) is 22.1. The molecule has 1 heteroatoms. The van der Waals surface area contributed by atoms with E-state index in [2.05, 4.69) is 6.92 Å². The van der Waals surface area contributed by atoms with Crippen molar-refractivity contribution >= 4 is 0 Å². The fraction of sp³-hybridized carbons (Fsp3) is 0.857. The molecular weight excluding hydrogens is 149 g/mol. The van der Waals surface area contributed by atoms with Crippen molar-refractivity contribution in [3.63, 3.8) is 0 Å². The average molecular weight is 163 g/mol. The molecule has 1 aliphatic carbocycles. The van der Waals surface area contributed by atoms with Crippen LogP contribution in [0.5, 0.6) is 0 Å². The van der Waals surface area contributed by atoms with Crippen LogP contribution in [0.3, 0.4) is 0 Å². The van der Waals surface area contributed by atoms with E-state index in [1.807, 2.05) is 0 Å². The van der Waals surface area contributed by atoms with E-state index in [0.29, 0.717) is 0 Å². The summed E-state index contributed by atoms with van der Waals surface area (Å²) >= 11 is 0. The van der Waals surface area contributed by atoms with E-state index in [4.69, 9.17) is 0 Å². The van der Waals surface area contributed by atoms with Gasteiger partial charge in [0.05, 0.1) is 0 Å². The van der Waals surface area contributed by atoms with E-state index in [1.165, 1.54) is 32.1 Å². The van der Waals surface area contributed by atoms with Crippen molar-refractivity contribution in [2.24, 2.45) is 5.92 Å². The topological polar surface area (TPSA) is 0 Å². The van der Waals surface area contributed by atoms with Gasteiger partial charge in [0, 0.05) is 19.5 Å². The zero-order valence-electron chi connectivity index (χ0n) is 5.53. The minimum absolute atomic E-state index is 0. The van der Waals surface area contributed by atoms with Gasteiger partial charge in [-0.05, 0) is 5.92 Å². The van der Waals surface area contributed by atoms with Crippen molar-refractivity contribution < 1.29 is 19.5 Å². The second kappa shape index (κ2) is 4.50.